The molecule has 0 aliphatic rings. The third kappa shape index (κ3) is 20.5. The molecule has 1 N–H and O–H groups in total. The molecule has 0 amide bonds. The molecule has 0 saturated heterocycles. The maximum atomic E-state index is 10.4. The smallest absolute Gasteiger partial charge is 0.0598 e. The fourth-order valence-corrected chi connectivity index (χ4v) is 5.20. The summed E-state index contributed by atoms with van der Waals surface area (Å²) >= 11 is 3.41. The van der Waals surface area contributed by atoms with Gasteiger partial charge in [0, 0.05) is 0 Å². The standard InChI is InChI=1S/C17H31BrO2Te/c18-14-10-8-6-4-2-1-3-5-7-9-11-15-21-16-12-13-17(19)20/h10,14H,1-9,11-13,15-16H2,(H,19,20)/b14-10+. The Bertz CT molecular complexity index is 257. The van der Waals surface area contributed by atoms with Crippen LogP contribution in [0.5, 0.6) is 0 Å². The molecule has 0 unspecified atom stereocenters. The number of carboxylic acid groups (broad SMARTS) is 1. The second-order valence-electron chi connectivity index (χ2n) is 5.44. The summed E-state index contributed by atoms with van der Waals surface area (Å²) < 4.78 is 2.62. The van der Waals surface area contributed by atoms with Crippen LogP contribution in [0.25, 0.3) is 0 Å². The molecule has 124 valence electrons. The zero-order valence-electron chi connectivity index (χ0n) is 13.2. The van der Waals surface area contributed by atoms with Gasteiger partial charge in [0.15, 0.2) is 0 Å². The van der Waals surface area contributed by atoms with Crippen molar-refractivity contribution in [3.05, 3.63) is 11.1 Å². The first-order chi connectivity index (χ1) is 10.3. The van der Waals surface area contributed by atoms with Crippen LogP contribution in [0.4, 0.5) is 0 Å². The van der Waals surface area contributed by atoms with Gasteiger partial charge >= 0.3 is 129 Å². The summed E-state index contributed by atoms with van der Waals surface area (Å²) in [6.07, 6.45) is 17.2. The van der Waals surface area contributed by atoms with Gasteiger partial charge in [0.25, 0.3) is 0 Å². The molecule has 0 radical (unpaired) electrons. The van der Waals surface area contributed by atoms with Crippen molar-refractivity contribution in [1.82, 2.24) is 0 Å². The zero-order valence-corrected chi connectivity index (χ0v) is 17.1. The number of carboxylic acids is 1. The quantitative estimate of drug-likeness (QED) is 0.213. The molecule has 0 saturated carbocycles. The van der Waals surface area contributed by atoms with Crippen molar-refractivity contribution in [2.75, 3.05) is 0 Å². The molecule has 0 heterocycles. The fourth-order valence-electron chi connectivity index (χ4n) is 2.19. The first-order valence-corrected chi connectivity index (χ1v) is 12.5. The van der Waals surface area contributed by atoms with Crippen LogP contribution < -0.4 is 0 Å². The van der Waals surface area contributed by atoms with Crippen LogP contribution in [0.15, 0.2) is 11.1 Å². The predicted octanol–water partition coefficient (Wildman–Crippen LogP) is 6.20. The number of allylic oxidation sites excluding steroid dienone is 1. The number of hydrogen-bond donors (Lipinski definition) is 1. The average molecular weight is 475 g/mol. The predicted molar refractivity (Wildman–Crippen MR) is 96.5 cm³/mol. The summed E-state index contributed by atoms with van der Waals surface area (Å²) in [5.41, 5.74) is 0. The minimum absolute atomic E-state index is 0.113. The van der Waals surface area contributed by atoms with Gasteiger partial charge < -0.3 is 0 Å². The van der Waals surface area contributed by atoms with Crippen molar-refractivity contribution in [1.29, 1.82) is 0 Å². The molecular formula is C17H31BrO2Te. The summed E-state index contributed by atoms with van der Waals surface area (Å²) in [5.74, 6) is -0.637. The van der Waals surface area contributed by atoms with Crippen LogP contribution in [0.1, 0.15) is 77.0 Å². The molecule has 0 fully saturated rings. The normalized spacial score (nSPS) is 11.3. The molecule has 0 aliphatic carbocycles. The summed E-state index contributed by atoms with van der Waals surface area (Å²) in [6.45, 7) is 0. The second-order valence-corrected chi connectivity index (χ2v) is 9.47. The number of hydrogen-bond acceptors (Lipinski definition) is 1. The first-order valence-electron chi connectivity index (χ1n) is 8.32. The second kappa shape index (κ2) is 18.5. The third-order valence-corrected chi connectivity index (χ3v) is 7.10. The van der Waals surface area contributed by atoms with Gasteiger partial charge in [0.1, 0.15) is 0 Å². The Hall–Kier alpha value is 0.480. The van der Waals surface area contributed by atoms with Gasteiger partial charge in [0.2, 0.25) is 0 Å². The number of unbranched alkanes of at least 4 members (excludes halogenated alkanes) is 9. The Labute approximate surface area is 149 Å². The van der Waals surface area contributed by atoms with E-state index in [2.05, 4.69) is 22.0 Å². The van der Waals surface area contributed by atoms with Crippen LogP contribution in [-0.4, -0.2) is 32.0 Å². The van der Waals surface area contributed by atoms with Crippen molar-refractivity contribution in [3.8, 4) is 0 Å². The van der Waals surface area contributed by atoms with Gasteiger partial charge in [-0.2, -0.15) is 0 Å². The number of halogens is 1. The average Bonchev–Trinajstić information content (AvgIpc) is 2.46. The molecule has 0 aliphatic heterocycles. The Kier molecular flexibility index (Phi) is 19.0. The van der Waals surface area contributed by atoms with E-state index in [4.69, 9.17) is 5.11 Å². The molecule has 21 heavy (non-hydrogen) atoms. The SMILES string of the molecule is O=C(O)CCC[Te]CCCCCCCCCCC/C=C/Br. The molecule has 0 aromatic heterocycles. The minimum Gasteiger partial charge on any atom is -0.0598 e. The fraction of sp³-hybridized carbons (Fsp3) is 0.824. The molecule has 4 heteroatoms. The van der Waals surface area contributed by atoms with E-state index in [9.17, 15) is 4.79 Å². The molecular weight excluding hydrogens is 444 g/mol. The van der Waals surface area contributed by atoms with Crippen molar-refractivity contribution in [2.24, 2.45) is 0 Å². The molecule has 0 bridgehead atoms. The van der Waals surface area contributed by atoms with Crippen molar-refractivity contribution in [3.63, 3.8) is 0 Å². The third-order valence-electron chi connectivity index (χ3n) is 3.43. The molecule has 0 rings (SSSR count). The number of rotatable bonds is 16. The van der Waals surface area contributed by atoms with Gasteiger partial charge in [-0.05, 0) is 4.99 Å². The van der Waals surface area contributed by atoms with E-state index in [0.29, 0.717) is 6.42 Å². The summed E-state index contributed by atoms with van der Waals surface area (Å²) in [7, 11) is 0. The van der Waals surface area contributed by atoms with E-state index >= 15 is 0 Å². The van der Waals surface area contributed by atoms with E-state index in [1.54, 1.807) is 0 Å². The van der Waals surface area contributed by atoms with Crippen LogP contribution in [-0.2, 0) is 4.79 Å². The topological polar surface area (TPSA) is 37.3 Å². The van der Waals surface area contributed by atoms with E-state index in [1.165, 1.54) is 73.1 Å². The zero-order chi connectivity index (χ0) is 15.6. The van der Waals surface area contributed by atoms with Gasteiger partial charge in [-0.15, -0.1) is 0 Å². The van der Waals surface area contributed by atoms with E-state index in [0.717, 1.165) is 6.42 Å². The Morgan fingerprint density at radius 1 is 0.857 bits per heavy atom. The minimum atomic E-state index is -0.637. The van der Waals surface area contributed by atoms with Gasteiger partial charge in [-0.3, -0.25) is 0 Å². The summed E-state index contributed by atoms with van der Waals surface area (Å²) in [5, 5.41) is 8.54. The molecule has 0 aromatic rings. The Balaban J connectivity index is 2.98. The van der Waals surface area contributed by atoms with Gasteiger partial charge in [-0.1, -0.05) is 15.9 Å². The molecule has 0 aromatic carbocycles. The Morgan fingerprint density at radius 3 is 1.95 bits per heavy atom. The van der Waals surface area contributed by atoms with Crippen molar-refractivity contribution in [2.45, 2.75) is 86.0 Å². The molecule has 2 nitrogen and oxygen atoms in total. The van der Waals surface area contributed by atoms with Crippen LogP contribution in [0.3, 0.4) is 0 Å². The molecule has 0 atom stereocenters. The number of carbonyl (C=O) groups is 1. The maximum absolute atomic E-state index is 10.4. The Morgan fingerprint density at radius 2 is 1.38 bits per heavy atom. The van der Waals surface area contributed by atoms with Gasteiger partial charge in [0.05, 0.1) is 0 Å². The van der Waals surface area contributed by atoms with Gasteiger partial charge in [-0.25, -0.2) is 0 Å². The van der Waals surface area contributed by atoms with Crippen molar-refractivity contribution >= 4 is 42.8 Å². The van der Waals surface area contributed by atoms with E-state index in [-0.39, 0.29) is 20.9 Å². The first kappa shape index (κ1) is 21.5. The van der Waals surface area contributed by atoms with Crippen LogP contribution >= 0.6 is 15.9 Å². The van der Waals surface area contributed by atoms with E-state index < -0.39 is 5.97 Å². The van der Waals surface area contributed by atoms with Crippen LogP contribution in [0, 0.1) is 0 Å². The summed E-state index contributed by atoms with van der Waals surface area (Å²) in [6, 6.07) is 0. The monoisotopic (exact) mass is 476 g/mol. The molecule has 0 spiro atoms. The number of aliphatic carboxylic acids is 1. The van der Waals surface area contributed by atoms with Crippen molar-refractivity contribution < 1.29 is 9.90 Å². The summed E-state index contributed by atoms with van der Waals surface area (Å²) in [4.78, 5) is 12.3. The van der Waals surface area contributed by atoms with E-state index in [1.807, 2.05) is 4.99 Å². The van der Waals surface area contributed by atoms with Crippen LogP contribution in [0.2, 0.25) is 8.94 Å².